The molecule has 1 saturated heterocycles. The number of carboxylic acid groups (broad SMARTS) is 1. The number of rotatable bonds is 2. The summed E-state index contributed by atoms with van der Waals surface area (Å²) in [6, 6.07) is 0. The number of anilines is 1. The Hall–Kier alpha value is -0.850. The molecule has 12 heteroatoms. The van der Waals surface area contributed by atoms with Crippen LogP contribution in [0.5, 0.6) is 0 Å². The molecule has 1 aliphatic rings. The van der Waals surface area contributed by atoms with E-state index in [0.29, 0.717) is 63.2 Å². The summed E-state index contributed by atoms with van der Waals surface area (Å²) in [6.45, 7) is 3.84. The molecule has 0 spiro atoms. The second-order valence-corrected chi connectivity index (χ2v) is 8.83. The summed E-state index contributed by atoms with van der Waals surface area (Å²) >= 11 is 13.8. The van der Waals surface area contributed by atoms with Gasteiger partial charge in [-0.2, -0.15) is 0 Å². The zero-order chi connectivity index (χ0) is 19.9. The number of ether oxygens (including phenoxy) is 1. The predicted molar refractivity (Wildman–Crippen MR) is 115 cm³/mol. The lowest BCUT2D eigenvalue weighted by molar-refractivity contribution is 0.105. The molecule has 0 radical (unpaired) electrons. The van der Waals surface area contributed by atoms with Gasteiger partial charge in [-0.05, 0) is 70.6 Å². The maximum absolute atomic E-state index is 12.0. The van der Waals surface area contributed by atoms with Gasteiger partial charge in [0.15, 0.2) is 0 Å². The van der Waals surface area contributed by atoms with Gasteiger partial charge in [0.05, 0.1) is 21.1 Å². The first-order chi connectivity index (χ1) is 12.8. The van der Waals surface area contributed by atoms with Crippen LogP contribution in [0.1, 0.15) is 6.92 Å². The van der Waals surface area contributed by atoms with Crippen LogP contribution in [0.25, 0.3) is 11.0 Å². The highest BCUT2D eigenvalue weighted by Gasteiger charge is 2.30. The Balaban J connectivity index is 2.02. The normalized spacial score (nSPS) is 14.7. The zero-order valence-electron chi connectivity index (χ0n) is 14.0. The van der Waals surface area contributed by atoms with Crippen LogP contribution < -0.4 is 4.90 Å². The highest BCUT2D eigenvalue weighted by molar-refractivity contribution is 9.15. The summed E-state index contributed by atoms with van der Waals surface area (Å²) in [5, 5.41) is 9.82. The van der Waals surface area contributed by atoms with Crippen LogP contribution >= 0.6 is 63.7 Å². The van der Waals surface area contributed by atoms with Crippen molar-refractivity contribution in [3.05, 3.63) is 17.9 Å². The molecule has 1 amide bonds. The molecule has 0 aliphatic carbocycles. The molecule has 3 rings (SSSR count). The van der Waals surface area contributed by atoms with Crippen LogP contribution in [0, 0.1) is 0 Å². The molecular weight excluding hydrogens is 620 g/mol. The fourth-order valence-electron chi connectivity index (χ4n) is 2.86. The smallest absolute Gasteiger partial charge is 0.418 e. The first-order valence-electron chi connectivity index (χ1n) is 7.92. The van der Waals surface area contributed by atoms with Gasteiger partial charge in [0.25, 0.3) is 0 Å². The third-order valence-electron chi connectivity index (χ3n) is 4.13. The van der Waals surface area contributed by atoms with E-state index in [2.05, 4.69) is 68.7 Å². The number of carbonyl (C=O) groups excluding carboxylic acids is 1. The first-order valence-corrected chi connectivity index (χ1v) is 11.1. The highest BCUT2D eigenvalue weighted by Crippen LogP contribution is 2.44. The van der Waals surface area contributed by atoms with Crippen molar-refractivity contribution >= 4 is 92.9 Å². The minimum Gasteiger partial charge on any atom is -0.464 e. The second-order valence-electron chi connectivity index (χ2n) is 5.66. The van der Waals surface area contributed by atoms with Crippen LogP contribution in [-0.2, 0) is 4.74 Å². The molecule has 1 aromatic carbocycles. The van der Waals surface area contributed by atoms with Crippen molar-refractivity contribution in [2.45, 2.75) is 6.92 Å². The number of benzene rings is 1. The van der Waals surface area contributed by atoms with E-state index in [1.54, 1.807) is 11.8 Å². The summed E-state index contributed by atoms with van der Waals surface area (Å²) in [7, 11) is 0. The maximum Gasteiger partial charge on any atom is 0.418 e. The van der Waals surface area contributed by atoms with Gasteiger partial charge in [-0.25, -0.2) is 19.1 Å². The molecule has 0 atom stereocenters. The third kappa shape index (κ3) is 3.73. The maximum atomic E-state index is 12.0. The molecule has 1 fully saturated rings. The fraction of sp³-hybridized carbons (Fsp3) is 0.400. The average Bonchev–Trinajstić information content (AvgIpc) is 3.06. The van der Waals surface area contributed by atoms with Crippen molar-refractivity contribution in [1.82, 2.24) is 14.5 Å². The number of aromatic nitrogens is 2. The Morgan fingerprint density at radius 1 is 1.04 bits per heavy atom. The van der Waals surface area contributed by atoms with Gasteiger partial charge in [0.2, 0.25) is 5.95 Å². The largest absolute Gasteiger partial charge is 0.464 e. The number of fused-ring (bicyclic) bond motifs is 1. The van der Waals surface area contributed by atoms with Crippen molar-refractivity contribution in [3.8, 4) is 0 Å². The van der Waals surface area contributed by atoms with E-state index in [1.165, 1.54) is 0 Å². The van der Waals surface area contributed by atoms with E-state index in [4.69, 9.17) is 4.74 Å². The zero-order valence-corrected chi connectivity index (χ0v) is 20.4. The molecule has 1 N–H and O–H groups in total. The van der Waals surface area contributed by atoms with E-state index in [9.17, 15) is 14.7 Å². The molecule has 0 bridgehead atoms. The molecular formula is C15H14Br4N4O4. The molecule has 146 valence electrons. The minimum absolute atomic E-state index is 0.312. The van der Waals surface area contributed by atoms with E-state index in [0.717, 1.165) is 9.04 Å². The van der Waals surface area contributed by atoms with Crippen LogP contribution in [0.15, 0.2) is 17.9 Å². The third-order valence-corrected chi connectivity index (χ3v) is 8.86. The van der Waals surface area contributed by atoms with Crippen molar-refractivity contribution < 1.29 is 19.4 Å². The Morgan fingerprint density at radius 2 is 1.63 bits per heavy atom. The Labute approximate surface area is 188 Å². The molecule has 2 aromatic rings. The lowest BCUT2D eigenvalue weighted by Gasteiger charge is -2.34. The molecule has 2 heterocycles. The number of halogens is 4. The number of hydrogen-bond donors (Lipinski definition) is 1. The van der Waals surface area contributed by atoms with Gasteiger partial charge in [-0.3, -0.25) is 0 Å². The molecule has 1 aromatic heterocycles. The van der Waals surface area contributed by atoms with Gasteiger partial charge in [0, 0.05) is 35.1 Å². The number of imidazole rings is 1. The minimum atomic E-state index is -1.14. The summed E-state index contributed by atoms with van der Waals surface area (Å²) in [5.41, 5.74) is 0.953. The van der Waals surface area contributed by atoms with Crippen LogP contribution in [-0.4, -0.2) is 64.5 Å². The molecule has 0 saturated carbocycles. The van der Waals surface area contributed by atoms with Crippen molar-refractivity contribution in [1.29, 1.82) is 0 Å². The van der Waals surface area contributed by atoms with Gasteiger partial charge in [0.1, 0.15) is 5.52 Å². The summed E-state index contributed by atoms with van der Waals surface area (Å²) in [4.78, 5) is 31.9. The topological polar surface area (TPSA) is 87.9 Å². The Kier molecular flexibility index (Phi) is 6.38. The lowest BCUT2D eigenvalue weighted by atomic mass is 10.3. The predicted octanol–water partition coefficient (Wildman–Crippen LogP) is 4.89. The first kappa shape index (κ1) is 20.9. The summed E-state index contributed by atoms with van der Waals surface area (Å²) in [6.07, 6.45) is -1.50. The van der Waals surface area contributed by atoms with Gasteiger partial charge < -0.3 is 19.6 Å². The lowest BCUT2D eigenvalue weighted by Crippen LogP contribution is -2.49. The van der Waals surface area contributed by atoms with E-state index in [-0.39, 0.29) is 6.09 Å². The summed E-state index contributed by atoms with van der Waals surface area (Å²) in [5.74, 6) is 0.312. The van der Waals surface area contributed by atoms with Crippen molar-refractivity contribution in [3.63, 3.8) is 0 Å². The number of nitrogens with zero attached hydrogens (tertiary/aromatic N) is 4. The molecule has 1 aliphatic heterocycles. The fourth-order valence-corrected chi connectivity index (χ4v) is 5.20. The number of piperazine rings is 1. The number of hydrogen-bond acceptors (Lipinski definition) is 5. The van der Waals surface area contributed by atoms with E-state index >= 15 is 0 Å². The standard InChI is InChI=1S/C15H14Br4N4O4/c1-2-27-15(26)22-5-3-21(4-6-22)13-20-11-9(18)7(16)8(17)10(19)12(11)23(13)14(24)25/h2-6H2,1H3,(H,24,25). The average molecular weight is 634 g/mol. The SMILES string of the molecule is CCOC(=O)N1CCN(c2nc3c(Br)c(Br)c(Br)c(Br)c3n2C(=O)O)CC1. The second kappa shape index (κ2) is 8.26. The quantitative estimate of drug-likeness (QED) is 0.375. The molecule has 27 heavy (non-hydrogen) atoms. The Bertz CT molecular complexity index is 925. The van der Waals surface area contributed by atoms with Crippen molar-refractivity contribution in [2.75, 3.05) is 37.7 Å². The van der Waals surface area contributed by atoms with Crippen molar-refractivity contribution in [2.24, 2.45) is 0 Å². The van der Waals surface area contributed by atoms with Crippen LogP contribution in [0.4, 0.5) is 15.5 Å². The van der Waals surface area contributed by atoms with Gasteiger partial charge in [-0.15, -0.1) is 0 Å². The monoisotopic (exact) mass is 630 g/mol. The van der Waals surface area contributed by atoms with Crippen LogP contribution in [0.2, 0.25) is 0 Å². The summed E-state index contributed by atoms with van der Waals surface area (Å²) < 4.78 is 8.82. The molecule has 8 nitrogen and oxygen atoms in total. The van der Waals surface area contributed by atoms with E-state index < -0.39 is 6.09 Å². The van der Waals surface area contributed by atoms with Crippen LogP contribution in [0.3, 0.4) is 0 Å². The van der Waals surface area contributed by atoms with Gasteiger partial charge in [-0.1, -0.05) is 0 Å². The van der Waals surface area contributed by atoms with Gasteiger partial charge >= 0.3 is 12.2 Å². The number of amides is 1. The van der Waals surface area contributed by atoms with E-state index in [1.807, 2.05) is 4.90 Å². The molecule has 0 unspecified atom stereocenters. The number of carbonyl (C=O) groups is 2. The Morgan fingerprint density at radius 3 is 2.19 bits per heavy atom. The highest BCUT2D eigenvalue weighted by atomic mass is 79.9.